The van der Waals surface area contributed by atoms with Crippen molar-refractivity contribution in [2.75, 3.05) is 42.2 Å². The molecule has 3 rings (SSSR count). The lowest BCUT2D eigenvalue weighted by molar-refractivity contribution is 0.634. The predicted octanol–water partition coefficient (Wildman–Crippen LogP) is 1.93. The van der Waals surface area contributed by atoms with E-state index in [1.165, 1.54) is 0 Å². The maximum atomic E-state index is 4.66. The van der Waals surface area contributed by atoms with Crippen LogP contribution in [0.2, 0.25) is 0 Å². The molecule has 1 aliphatic rings. The van der Waals surface area contributed by atoms with Gasteiger partial charge in [0.05, 0.1) is 0 Å². The molecule has 0 saturated carbocycles. The normalized spacial score (nSPS) is 15.2. The summed E-state index contributed by atoms with van der Waals surface area (Å²) in [5.41, 5.74) is 1.13. The summed E-state index contributed by atoms with van der Waals surface area (Å²) in [5, 5.41) is 0.828. The predicted molar refractivity (Wildman–Crippen MR) is 89.7 cm³/mol. The van der Waals surface area contributed by atoms with Crippen molar-refractivity contribution in [3.63, 3.8) is 0 Å². The standard InChI is InChI=1S/C15H20N6S/c1-11-10-17-15(22-3)19-14(11)21-8-6-20(7-9-21)13-4-5-16-12(2)18-13/h4-5,10H,6-9H2,1-3H3. The highest BCUT2D eigenvalue weighted by molar-refractivity contribution is 7.98. The second kappa shape index (κ2) is 6.48. The Labute approximate surface area is 135 Å². The molecule has 1 fully saturated rings. The van der Waals surface area contributed by atoms with Crippen LogP contribution in [0.25, 0.3) is 0 Å². The molecule has 6 nitrogen and oxygen atoms in total. The highest BCUT2D eigenvalue weighted by Gasteiger charge is 2.21. The molecule has 116 valence electrons. The van der Waals surface area contributed by atoms with Crippen molar-refractivity contribution in [3.8, 4) is 0 Å². The van der Waals surface area contributed by atoms with Crippen molar-refractivity contribution in [1.29, 1.82) is 0 Å². The summed E-state index contributed by atoms with van der Waals surface area (Å²) in [7, 11) is 0. The van der Waals surface area contributed by atoms with E-state index in [1.807, 2.05) is 31.6 Å². The molecule has 0 N–H and O–H groups in total. The molecule has 0 unspecified atom stereocenters. The Bertz CT molecular complexity index is 654. The third-order valence-electron chi connectivity index (χ3n) is 3.77. The highest BCUT2D eigenvalue weighted by Crippen LogP contribution is 2.22. The molecule has 0 atom stereocenters. The third kappa shape index (κ3) is 3.14. The Morgan fingerprint density at radius 2 is 1.73 bits per heavy atom. The van der Waals surface area contributed by atoms with Crippen molar-refractivity contribution in [2.24, 2.45) is 0 Å². The quantitative estimate of drug-likeness (QED) is 0.633. The van der Waals surface area contributed by atoms with Gasteiger partial charge in [0.2, 0.25) is 0 Å². The number of aromatic nitrogens is 4. The van der Waals surface area contributed by atoms with E-state index in [-0.39, 0.29) is 0 Å². The summed E-state index contributed by atoms with van der Waals surface area (Å²) < 4.78 is 0. The molecular formula is C15H20N6S. The number of nitrogens with zero attached hydrogens (tertiary/aromatic N) is 6. The number of anilines is 2. The van der Waals surface area contributed by atoms with Gasteiger partial charge >= 0.3 is 0 Å². The fourth-order valence-electron chi connectivity index (χ4n) is 2.60. The molecule has 2 aromatic rings. The molecule has 7 heteroatoms. The Balaban J connectivity index is 1.72. The average molecular weight is 316 g/mol. The lowest BCUT2D eigenvalue weighted by Crippen LogP contribution is -2.47. The first-order valence-corrected chi connectivity index (χ1v) is 8.57. The largest absolute Gasteiger partial charge is 0.353 e. The minimum Gasteiger partial charge on any atom is -0.353 e. The Morgan fingerprint density at radius 1 is 1.00 bits per heavy atom. The molecule has 0 radical (unpaired) electrons. The van der Waals surface area contributed by atoms with Gasteiger partial charge in [-0.3, -0.25) is 0 Å². The molecule has 0 amide bonds. The summed E-state index contributed by atoms with van der Waals surface area (Å²) in [4.78, 5) is 22.3. The Kier molecular flexibility index (Phi) is 4.42. The molecule has 1 aliphatic heterocycles. The zero-order valence-corrected chi connectivity index (χ0v) is 14.0. The van der Waals surface area contributed by atoms with Crippen LogP contribution in [0.5, 0.6) is 0 Å². The summed E-state index contributed by atoms with van der Waals surface area (Å²) in [6.45, 7) is 7.75. The summed E-state index contributed by atoms with van der Waals surface area (Å²) in [6.07, 6.45) is 5.74. The van der Waals surface area contributed by atoms with Crippen LogP contribution < -0.4 is 9.80 Å². The molecule has 0 bridgehead atoms. The van der Waals surface area contributed by atoms with Gasteiger partial charge in [0, 0.05) is 44.1 Å². The van der Waals surface area contributed by atoms with Gasteiger partial charge in [0.15, 0.2) is 5.16 Å². The summed E-state index contributed by atoms with van der Waals surface area (Å²) in [6, 6.07) is 1.98. The van der Waals surface area contributed by atoms with E-state index in [1.54, 1.807) is 11.8 Å². The summed E-state index contributed by atoms with van der Waals surface area (Å²) in [5.74, 6) is 2.88. The lowest BCUT2D eigenvalue weighted by Gasteiger charge is -2.36. The van der Waals surface area contributed by atoms with Crippen molar-refractivity contribution < 1.29 is 0 Å². The van der Waals surface area contributed by atoms with E-state index in [0.717, 1.165) is 54.4 Å². The van der Waals surface area contributed by atoms with Crippen LogP contribution in [-0.2, 0) is 0 Å². The zero-order chi connectivity index (χ0) is 15.5. The Morgan fingerprint density at radius 3 is 2.41 bits per heavy atom. The average Bonchev–Trinajstić information content (AvgIpc) is 2.55. The topological polar surface area (TPSA) is 58.0 Å². The van der Waals surface area contributed by atoms with Gasteiger partial charge in [-0.1, -0.05) is 11.8 Å². The van der Waals surface area contributed by atoms with Crippen LogP contribution in [0.15, 0.2) is 23.6 Å². The third-order valence-corrected chi connectivity index (χ3v) is 4.33. The maximum Gasteiger partial charge on any atom is 0.189 e. The first-order valence-electron chi connectivity index (χ1n) is 7.34. The van der Waals surface area contributed by atoms with Crippen LogP contribution in [0.3, 0.4) is 0 Å². The van der Waals surface area contributed by atoms with Crippen molar-refractivity contribution in [2.45, 2.75) is 19.0 Å². The number of piperazine rings is 1. The van der Waals surface area contributed by atoms with Crippen LogP contribution >= 0.6 is 11.8 Å². The molecule has 0 aliphatic carbocycles. The van der Waals surface area contributed by atoms with Gasteiger partial charge < -0.3 is 9.80 Å². The first-order chi connectivity index (χ1) is 10.7. The SMILES string of the molecule is CSc1ncc(C)c(N2CCN(c3ccnc(C)n3)CC2)n1. The van der Waals surface area contributed by atoms with Crippen molar-refractivity contribution in [3.05, 3.63) is 29.8 Å². The minimum absolute atomic E-state index is 0.816. The van der Waals surface area contributed by atoms with Crippen LogP contribution in [-0.4, -0.2) is 52.4 Å². The van der Waals surface area contributed by atoms with Crippen LogP contribution in [0, 0.1) is 13.8 Å². The molecule has 0 aromatic carbocycles. The number of hydrogen-bond acceptors (Lipinski definition) is 7. The maximum absolute atomic E-state index is 4.66. The molecular weight excluding hydrogens is 296 g/mol. The minimum atomic E-state index is 0.816. The van der Waals surface area contributed by atoms with Gasteiger partial charge in [-0.25, -0.2) is 19.9 Å². The van der Waals surface area contributed by atoms with Crippen molar-refractivity contribution >= 4 is 23.4 Å². The van der Waals surface area contributed by atoms with E-state index in [2.05, 4.69) is 36.7 Å². The van der Waals surface area contributed by atoms with Crippen LogP contribution in [0.1, 0.15) is 11.4 Å². The molecule has 3 heterocycles. The molecule has 1 saturated heterocycles. The summed E-state index contributed by atoms with van der Waals surface area (Å²) >= 11 is 1.58. The Hall–Kier alpha value is -1.89. The van der Waals surface area contributed by atoms with Gasteiger partial charge in [0.1, 0.15) is 17.5 Å². The lowest BCUT2D eigenvalue weighted by atomic mass is 10.2. The smallest absolute Gasteiger partial charge is 0.189 e. The molecule has 0 spiro atoms. The number of rotatable bonds is 3. The fourth-order valence-corrected chi connectivity index (χ4v) is 2.94. The molecule has 22 heavy (non-hydrogen) atoms. The van der Waals surface area contributed by atoms with Gasteiger partial charge in [-0.05, 0) is 26.2 Å². The fraction of sp³-hybridized carbons (Fsp3) is 0.467. The van der Waals surface area contributed by atoms with Gasteiger partial charge in [-0.15, -0.1) is 0 Å². The van der Waals surface area contributed by atoms with Gasteiger partial charge in [0.25, 0.3) is 0 Å². The van der Waals surface area contributed by atoms with Crippen LogP contribution in [0.4, 0.5) is 11.6 Å². The number of aryl methyl sites for hydroxylation is 2. The first kappa shape index (κ1) is 15.0. The zero-order valence-electron chi connectivity index (χ0n) is 13.2. The van der Waals surface area contributed by atoms with E-state index < -0.39 is 0 Å². The van der Waals surface area contributed by atoms with E-state index in [0.29, 0.717) is 0 Å². The monoisotopic (exact) mass is 316 g/mol. The highest BCUT2D eigenvalue weighted by atomic mass is 32.2. The van der Waals surface area contributed by atoms with E-state index >= 15 is 0 Å². The second-order valence-corrected chi connectivity index (χ2v) is 6.07. The molecule has 2 aromatic heterocycles. The number of thioether (sulfide) groups is 1. The van der Waals surface area contributed by atoms with Gasteiger partial charge in [-0.2, -0.15) is 0 Å². The second-order valence-electron chi connectivity index (χ2n) is 5.30. The van der Waals surface area contributed by atoms with E-state index in [9.17, 15) is 0 Å². The van der Waals surface area contributed by atoms with Crippen molar-refractivity contribution in [1.82, 2.24) is 19.9 Å². The number of hydrogen-bond donors (Lipinski definition) is 0. The van der Waals surface area contributed by atoms with E-state index in [4.69, 9.17) is 0 Å².